The van der Waals surface area contributed by atoms with Gasteiger partial charge in [0, 0.05) is 18.4 Å². The van der Waals surface area contributed by atoms with E-state index in [-0.39, 0.29) is 0 Å². The summed E-state index contributed by atoms with van der Waals surface area (Å²) in [5.74, 6) is 9.18. The minimum Gasteiger partial charge on any atom is -0.462 e. The summed E-state index contributed by atoms with van der Waals surface area (Å²) >= 11 is 0. The average molecular weight is 254 g/mol. The molecule has 0 aromatic heterocycles. The van der Waals surface area contributed by atoms with Crippen LogP contribution in [0.2, 0.25) is 0 Å². The number of aliphatic hydroxyl groups excluding tert-OH is 1. The fourth-order valence-corrected chi connectivity index (χ4v) is 1.91. The second kappa shape index (κ2) is 10.1. The maximum absolute atomic E-state index is 8.47. The van der Waals surface area contributed by atoms with Crippen molar-refractivity contribution in [3.63, 3.8) is 0 Å². The molecular weight excluding hydrogens is 232 g/mol. The summed E-state index contributed by atoms with van der Waals surface area (Å²) in [5, 5.41) is 8.47. The maximum atomic E-state index is 8.47. The van der Waals surface area contributed by atoms with E-state index in [0.717, 1.165) is 18.4 Å². The molecule has 1 aromatic carbocycles. The minimum atomic E-state index is 0.672. The fourth-order valence-electron chi connectivity index (χ4n) is 1.91. The van der Waals surface area contributed by atoms with E-state index in [2.05, 4.69) is 36.8 Å². The topological polar surface area (TPSA) is 20.2 Å². The molecule has 0 amide bonds. The Morgan fingerprint density at radius 2 is 1.84 bits per heavy atom. The Bertz CT molecular complexity index is 480. The predicted molar refractivity (Wildman–Crippen MR) is 80.1 cm³/mol. The van der Waals surface area contributed by atoms with Gasteiger partial charge in [0.1, 0.15) is 6.11 Å². The van der Waals surface area contributed by atoms with Crippen molar-refractivity contribution in [3.05, 3.63) is 35.4 Å². The smallest absolute Gasteiger partial charge is 0.107 e. The Balaban J connectivity index is 2.51. The average Bonchev–Trinajstić information content (AvgIpc) is 2.44. The van der Waals surface area contributed by atoms with Crippen LogP contribution in [0.1, 0.15) is 56.6 Å². The highest BCUT2D eigenvalue weighted by atomic mass is 16.2. The van der Waals surface area contributed by atoms with Crippen molar-refractivity contribution >= 4 is 0 Å². The van der Waals surface area contributed by atoms with E-state index in [0.29, 0.717) is 6.42 Å². The van der Waals surface area contributed by atoms with Crippen LogP contribution in [0.5, 0.6) is 0 Å². The lowest BCUT2D eigenvalue weighted by atomic mass is 10.0. The summed E-state index contributed by atoms with van der Waals surface area (Å²) in [6.45, 7) is 2.22. The largest absolute Gasteiger partial charge is 0.462 e. The number of benzene rings is 1. The van der Waals surface area contributed by atoms with Gasteiger partial charge < -0.3 is 5.11 Å². The second-order valence-electron chi connectivity index (χ2n) is 4.56. The van der Waals surface area contributed by atoms with Gasteiger partial charge in [-0.1, -0.05) is 62.1 Å². The zero-order valence-electron chi connectivity index (χ0n) is 11.7. The first-order valence-corrected chi connectivity index (χ1v) is 7.07. The molecule has 0 saturated carbocycles. The fraction of sp³-hybridized carbons (Fsp3) is 0.444. The van der Waals surface area contributed by atoms with Gasteiger partial charge in [-0.05, 0) is 24.5 Å². The molecule has 0 aliphatic carbocycles. The molecule has 1 rings (SSSR count). The van der Waals surface area contributed by atoms with Gasteiger partial charge in [-0.2, -0.15) is 0 Å². The van der Waals surface area contributed by atoms with E-state index in [4.69, 9.17) is 5.11 Å². The van der Waals surface area contributed by atoms with E-state index in [9.17, 15) is 0 Å². The lowest BCUT2D eigenvalue weighted by molar-refractivity contribution is 0.516. The van der Waals surface area contributed by atoms with Crippen LogP contribution in [0.3, 0.4) is 0 Å². The molecule has 1 aromatic rings. The molecule has 0 saturated heterocycles. The second-order valence-corrected chi connectivity index (χ2v) is 4.56. The Labute approximate surface area is 117 Å². The van der Waals surface area contributed by atoms with Gasteiger partial charge in [0.15, 0.2) is 0 Å². The molecular formula is C18H22O. The van der Waals surface area contributed by atoms with Gasteiger partial charge in [-0.25, -0.2) is 0 Å². The molecule has 1 N–H and O–H groups in total. The van der Waals surface area contributed by atoms with Crippen molar-refractivity contribution in [3.8, 4) is 23.9 Å². The zero-order valence-corrected chi connectivity index (χ0v) is 11.7. The van der Waals surface area contributed by atoms with Crippen LogP contribution < -0.4 is 0 Å². The Kier molecular flexibility index (Phi) is 8.08. The SMILES string of the molecule is CCCCCCC#Cc1ccccc1CCC#CO. The van der Waals surface area contributed by atoms with Gasteiger partial charge in [0.05, 0.1) is 0 Å². The Morgan fingerprint density at radius 1 is 1.00 bits per heavy atom. The number of hydrogen-bond acceptors (Lipinski definition) is 1. The highest BCUT2D eigenvalue weighted by Gasteiger charge is 1.97. The van der Waals surface area contributed by atoms with Gasteiger partial charge in [0.2, 0.25) is 0 Å². The molecule has 0 radical (unpaired) electrons. The molecule has 0 unspecified atom stereocenters. The summed E-state index contributed by atoms with van der Waals surface area (Å²) in [5.41, 5.74) is 2.31. The van der Waals surface area contributed by atoms with Gasteiger partial charge in [-0.15, -0.1) is 0 Å². The molecule has 0 bridgehead atoms. The Hall–Kier alpha value is -1.86. The van der Waals surface area contributed by atoms with Gasteiger partial charge >= 0.3 is 0 Å². The summed E-state index contributed by atoms with van der Waals surface area (Å²) in [4.78, 5) is 0. The van der Waals surface area contributed by atoms with Crippen molar-refractivity contribution in [2.24, 2.45) is 0 Å². The highest BCUT2D eigenvalue weighted by molar-refractivity contribution is 5.41. The molecule has 100 valence electrons. The minimum absolute atomic E-state index is 0.672. The first kappa shape index (κ1) is 15.2. The van der Waals surface area contributed by atoms with Crippen LogP contribution in [-0.2, 0) is 6.42 Å². The quantitative estimate of drug-likeness (QED) is 0.593. The normalized spacial score (nSPS) is 9.11. The summed E-state index contributed by atoms with van der Waals surface area (Å²) in [7, 11) is 0. The van der Waals surface area contributed by atoms with Crippen molar-refractivity contribution in [2.75, 3.05) is 0 Å². The van der Waals surface area contributed by atoms with Crippen molar-refractivity contribution in [1.29, 1.82) is 0 Å². The van der Waals surface area contributed by atoms with Crippen LogP contribution in [0.15, 0.2) is 24.3 Å². The molecule has 1 nitrogen and oxygen atoms in total. The predicted octanol–water partition coefficient (Wildman–Crippen LogP) is 4.27. The molecule has 0 heterocycles. The van der Waals surface area contributed by atoms with E-state index >= 15 is 0 Å². The van der Waals surface area contributed by atoms with Crippen molar-refractivity contribution in [2.45, 2.75) is 51.9 Å². The van der Waals surface area contributed by atoms with Crippen LogP contribution >= 0.6 is 0 Å². The van der Waals surface area contributed by atoms with Crippen LogP contribution in [0.4, 0.5) is 0 Å². The first-order chi connectivity index (χ1) is 9.38. The number of aliphatic hydroxyl groups is 1. The standard InChI is InChI=1S/C18H22O/c1-2-3-4-5-6-7-12-17-13-8-9-14-18(17)15-10-11-16-19/h8-9,13-14,19H,2-6,10,15H2,1H3. The van der Waals surface area contributed by atoms with Crippen LogP contribution in [-0.4, -0.2) is 5.11 Å². The van der Waals surface area contributed by atoms with Crippen molar-refractivity contribution < 1.29 is 5.11 Å². The molecule has 1 heteroatoms. The van der Waals surface area contributed by atoms with Gasteiger partial charge in [0.25, 0.3) is 0 Å². The molecule has 0 aliphatic heterocycles. The lowest BCUT2D eigenvalue weighted by Gasteiger charge is -2.01. The summed E-state index contributed by atoms with van der Waals surface area (Å²) < 4.78 is 0. The zero-order chi connectivity index (χ0) is 13.8. The number of rotatable bonds is 6. The molecule has 19 heavy (non-hydrogen) atoms. The van der Waals surface area contributed by atoms with Crippen LogP contribution in [0, 0.1) is 23.9 Å². The highest BCUT2D eigenvalue weighted by Crippen LogP contribution is 2.10. The summed E-state index contributed by atoms with van der Waals surface area (Å²) in [6.07, 6.45) is 9.47. The van der Waals surface area contributed by atoms with E-state index in [1.165, 1.54) is 31.2 Å². The molecule has 0 spiro atoms. The first-order valence-electron chi connectivity index (χ1n) is 7.07. The van der Waals surface area contributed by atoms with Gasteiger partial charge in [-0.3, -0.25) is 0 Å². The van der Waals surface area contributed by atoms with E-state index in [1.54, 1.807) is 0 Å². The molecule has 0 aliphatic rings. The number of aryl methyl sites for hydroxylation is 1. The maximum Gasteiger partial charge on any atom is 0.107 e. The number of hydrogen-bond donors (Lipinski definition) is 1. The third kappa shape index (κ3) is 6.58. The third-order valence-corrected chi connectivity index (χ3v) is 2.99. The van der Waals surface area contributed by atoms with E-state index < -0.39 is 0 Å². The van der Waals surface area contributed by atoms with Crippen LogP contribution in [0.25, 0.3) is 0 Å². The monoisotopic (exact) mass is 254 g/mol. The van der Waals surface area contributed by atoms with E-state index in [1.807, 2.05) is 18.2 Å². The van der Waals surface area contributed by atoms with Crippen molar-refractivity contribution in [1.82, 2.24) is 0 Å². The molecule has 0 atom stereocenters. The molecule has 0 fully saturated rings. The number of unbranched alkanes of at least 4 members (excludes halogenated alkanes) is 4. The third-order valence-electron chi connectivity index (χ3n) is 2.99. The Morgan fingerprint density at radius 3 is 2.63 bits per heavy atom. The lowest BCUT2D eigenvalue weighted by Crippen LogP contribution is -1.89. The summed E-state index contributed by atoms with van der Waals surface area (Å²) in [6, 6.07) is 8.18.